The number of ether oxygens (including phenoxy) is 3. The second kappa shape index (κ2) is 10.1. The minimum atomic E-state index is -0.477. The number of hydrogen-bond donors (Lipinski definition) is 1. The monoisotopic (exact) mass is 364 g/mol. The van der Waals surface area contributed by atoms with Crippen molar-refractivity contribution >= 4 is 0 Å². The highest BCUT2D eigenvalue weighted by molar-refractivity contribution is 5.43. The zero-order valence-corrected chi connectivity index (χ0v) is 15.9. The Balaban J connectivity index is 1.52. The van der Waals surface area contributed by atoms with Gasteiger partial charge in [0.05, 0.1) is 13.7 Å². The van der Waals surface area contributed by atoms with E-state index in [9.17, 15) is 5.11 Å². The third kappa shape index (κ3) is 5.84. The summed E-state index contributed by atoms with van der Waals surface area (Å²) in [6, 6.07) is 6.06. The van der Waals surface area contributed by atoms with E-state index in [0.717, 1.165) is 58.1 Å². The van der Waals surface area contributed by atoms with Gasteiger partial charge in [0.1, 0.15) is 12.7 Å². The van der Waals surface area contributed by atoms with Gasteiger partial charge in [0.2, 0.25) is 0 Å². The van der Waals surface area contributed by atoms with Gasteiger partial charge in [-0.2, -0.15) is 0 Å². The highest BCUT2D eigenvalue weighted by Crippen LogP contribution is 2.29. The average Bonchev–Trinajstić information content (AvgIpc) is 3.02. The van der Waals surface area contributed by atoms with E-state index in [1.54, 1.807) is 7.11 Å². The first kappa shape index (κ1) is 19.4. The zero-order valence-electron chi connectivity index (χ0n) is 15.9. The summed E-state index contributed by atoms with van der Waals surface area (Å²) >= 11 is 0. The van der Waals surface area contributed by atoms with Crippen molar-refractivity contribution in [3.63, 3.8) is 0 Å². The van der Waals surface area contributed by atoms with Gasteiger partial charge in [0.15, 0.2) is 11.5 Å². The number of methoxy groups -OCH3 is 1. The van der Waals surface area contributed by atoms with Crippen molar-refractivity contribution in [2.45, 2.75) is 31.9 Å². The van der Waals surface area contributed by atoms with Gasteiger partial charge < -0.3 is 24.2 Å². The molecule has 1 N–H and O–H groups in total. The van der Waals surface area contributed by atoms with Crippen LogP contribution in [0.15, 0.2) is 18.2 Å². The highest BCUT2D eigenvalue weighted by Gasteiger charge is 2.17. The third-order valence-electron chi connectivity index (χ3n) is 5.05. The van der Waals surface area contributed by atoms with E-state index in [2.05, 4.69) is 15.9 Å². The molecule has 1 atom stereocenters. The van der Waals surface area contributed by atoms with Gasteiger partial charge in [-0.3, -0.25) is 4.90 Å². The molecule has 146 valence electrons. The Morgan fingerprint density at radius 1 is 1.04 bits per heavy atom. The van der Waals surface area contributed by atoms with Crippen molar-refractivity contribution in [3.05, 3.63) is 23.8 Å². The van der Waals surface area contributed by atoms with Gasteiger partial charge in [-0.25, -0.2) is 0 Å². The maximum atomic E-state index is 10.2. The van der Waals surface area contributed by atoms with Crippen molar-refractivity contribution in [1.82, 2.24) is 9.80 Å². The van der Waals surface area contributed by atoms with Gasteiger partial charge in [-0.05, 0) is 50.0 Å². The van der Waals surface area contributed by atoms with Gasteiger partial charge in [0.25, 0.3) is 0 Å². The van der Waals surface area contributed by atoms with Crippen LogP contribution in [0.2, 0.25) is 0 Å². The molecule has 0 bridgehead atoms. The third-order valence-corrected chi connectivity index (χ3v) is 5.05. The number of hydrogen-bond acceptors (Lipinski definition) is 6. The molecular formula is C20H32N2O4. The number of aliphatic hydroxyl groups is 1. The van der Waals surface area contributed by atoms with Crippen LogP contribution in [-0.4, -0.2) is 80.7 Å². The largest absolute Gasteiger partial charge is 0.493 e. The molecule has 2 fully saturated rings. The van der Waals surface area contributed by atoms with Gasteiger partial charge in [-0.1, -0.05) is 6.07 Å². The second-order valence-corrected chi connectivity index (χ2v) is 7.20. The first-order valence-corrected chi connectivity index (χ1v) is 9.75. The highest BCUT2D eigenvalue weighted by atomic mass is 16.5. The molecule has 0 amide bonds. The Hall–Kier alpha value is -1.34. The van der Waals surface area contributed by atoms with Crippen LogP contribution in [0.3, 0.4) is 0 Å². The summed E-state index contributed by atoms with van der Waals surface area (Å²) < 4.78 is 16.8. The number of likely N-dealkylation sites (tertiary alicyclic amines) is 1. The maximum absolute atomic E-state index is 10.2. The molecule has 0 radical (unpaired) electrons. The molecule has 2 aliphatic heterocycles. The molecular weight excluding hydrogens is 332 g/mol. The molecule has 0 aromatic heterocycles. The summed E-state index contributed by atoms with van der Waals surface area (Å²) in [6.45, 7) is 7.68. The SMILES string of the molecule is COc1cc(CN2CCCOCC2)ccc1OC[C@@H](O)CN1CCCC1. The zero-order chi connectivity index (χ0) is 18.2. The van der Waals surface area contributed by atoms with Crippen molar-refractivity contribution in [2.75, 3.05) is 59.7 Å². The van der Waals surface area contributed by atoms with E-state index in [-0.39, 0.29) is 6.61 Å². The fourth-order valence-corrected chi connectivity index (χ4v) is 3.65. The fraction of sp³-hybridized carbons (Fsp3) is 0.700. The molecule has 0 saturated carbocycles. The van der Waals surface area contributed by atoms with Crippen LogP contribution in [0.4, 0.5) is 0 Å². The van der Waals surface area contributed by atoms with Crippen LogP contribution in [0.5, 0.6) is 11.5 Å². The lowest BCUT2D eigenvalue weighted by Crippen LogP contribution is -2.33. The lowest BCUT2D eigenvalue weighted by molar-refractivity contribution is 0.0747. The van der Waals surface area contributed by atoms with E-state index in [0.29, 0.717) is 12.3 Å². The van der Waals surface area contributed by atoms with E-state index in [1.165, 1.54) is 18.4 Å². The lowest BCUT2D eigenvalue weighted by atomic mass is 10.2. The smallest absolute Gasteiger partial charge is 0.161 e. The minimum absolute atomic E-state index is 0.287. The Kier molecular flexibility index (Phi) is 7.55. The van der Waals surface area contributed by atoms with Crippen LogP contribution in [0.25, 0.3) is 0 Å². The fourth-order valence-electron chi connectivity index (χ4n) is 3.65. The summed E-state index contributed by atoms with van der Waals surface area (Å²) in [4.78, 5) is 4.70. The van der Waals surface area contributed by atoms with Crippen molar-refractivity contribution in [2.24, 2.45) is 0 Å². The average molecular weight is 364 g/mol. The normalized spacial score (nSPS) is 20.7. The Morgan fingerprint density at radius 3 is 2.65 bits per heavy atom. The molecule has 2 heterocycles. The van der Waals surface area contributed by atoms with Crippen LogP contribution in [0.1, 0.15) is 24.8 Å². The van der Waals surface area contributed by atoms with Crippen LogP contribution >= 0.6 is 0 Å². The topological polar surface area (TPSA) is 54.4 Å². The van der Waals surface area contributed by atoms with Crippen LogP contribution in [-0.2, 0) is 11.3 Å². The molecule has 0 spiro atoms. The maximum Gasteiger partial charge on any atom is 0.161 e. The van der Waals surface area contributed by atoms with Crippen LogP contribution < -0.4 is 9.47 Å². The van der Waals surface area contributed by atoms with E-state index < -0.39 is 6.10 Å². The van der Waals surface area contributed by atoms with Crippen molar-refractivity contribution < 1.29 is 19.3 Å². The quantitative estimate of drug-likeness (QED) is 0.759. The summed E-state index contributed by atoms with van der Waals surface area (Å²) in [5.74, 6) is 1.41. The number of benzene rings is 1. The number of nitrogens with zero attached hydrogens (tertiary/aromatic N) is 2. The Bertz CT molecular complexity index is 541. The summed E-state index contributed by atoms with van der Waals surface area (Å²) in [6.07, 6.45) is 3.06. The predicted octanol–water partition coefficient (Wildman–Crippen LogP) is 1.75. The standard InChI is InChI=1S/C20H32N2O4/c1-24-20-13-17(14-22-9-4-11-25-12-10-22)5-6-19(20)26-16-18(23)15-21-7-2-3-8-21/h5-6,13,18,23H,2-4,7-12,14-16H2,1H3/t18-/m0/s1. The number of β-amino-alcohol motifs (C(OH)–C–C–N with tert-alkyl or cyclic N) is 1. The molecule has 0 unspecified atom stereocenters. The van der Waals surface area contributed by atoms with Crippen LogP contribution in [0, 0.1) is 0 Å². The second-order valence-electron chi connectivity index (χ2n) is 7.20. The predicted molar refractivity (Wildman–Crippen MR) is 101 cm³/mol. The first-order chi connectivity index (χ1) is 12.7. The first-order valence-electron chi connectivity index (χ1n) is 9.75. The summed E-state index contributed by atoms with van der Waals surface area (Å²) in [7, 11) is 1.66. The molecule has 6 heteroatoms. The summed E-state index contributed by atoms with van der Waals surface area (Å²) in [5, 5.41) is 10.2. The van der Waals surface area contributed by atoms with Crippen molar-refractivity contribution in [1.29, 1.82) is 0 Å². The Labute approximate surface area is 156 Å². The molecule has 6 nitrogen and oxygen atoms in total. The molecule has 26 heavy (non-hydrogen) atoms. The molecule has 0 aliphatic carbocycles. The van der Waals surface area contributed by atoms with E-state index in [4.69, 9.17) is 14.2 Å². The Morgan fingerprint density at radius 2 is 1.85 bits per heavy atom. The minimum Gasteiger partial charge on any atom is -0.493 e. The van der Waals surface area contributed by atoms with Crippen molar-refractivity contribution in [3.8, 4) is 11.5 Å². The van der Waals surface area contributed by atoms with Gasteiger partial charge >= 0.3 is 0 Å². The van der Waals surface area contributed by atoms with E-state index in [1.807, 2.05) is 12.1 Å². The lowest BCUT2D eigenvalue weighted by Gasteiger charge is -2.21. The molecule has 2 saturated heterocycles. The number of aliphatic hydroxyl groups excluding tert-OH is 1. The molecule has 2 aliphatic rings. The molecule has 3 rings (SSSR count). The summed E-state index contributed by atoms with van der Waals surface area (Å²) in [5.41, 5.74) is 1.20. The van der Waals surface area contributed by atoms with Gasteiger partial charge in [0, 0.05) is 32.8 Å². The molecule has 1 aromatic rings. The van der Waals surface area contributed by atoms with E-state index >= 15 is 0 Å². The molecule has 1 aromatic carbocycles. The van der Waals surface area contributed by atoms with Gasteiger partial charge in [-0.15, -0.1) is 0 Å². The number of rotatable bonds is 8.